The summed E-state index contributed by atoms with van der Waals surface area (Å²) in [5, 5.41) is 9.47. The molecule has 20 heavy (non-hydrogen) atoms. The molecule has 2 rings (SSSR count). The van der Waals surface area contributed by atoms with Crippen LogP contribution in [0.5, 0.6) is 0 Å². The number of amides is 1. The minimum Gasteiger partial charge on any atom is -0.393 e. The number of hydrogen-bond donors (Lipinski definition) is 1. The number of halogens is 3. The third-order valence-corrected chi connectivity index (χ3v) is 4.08. The van der Waals surface area contributed by atoms with Crippen molar-refractivity contribution >= 4 is 5.91 Å². The van der Waals surface area contributed by atoms with E-state index in [1.807, 2.05) is 4.90 Å². The molecule has 0 saturated carbocycles. The van der Waals surface area contributed by atoms with Gasteiger partial charge in [-0.3, -0.25) is 9.69 Å². The van der Waals surface area contributed by atoms with Gasteiger partial charge in [0.1, 0.15) is 6.54 Å². The SMILES string of the molecule is CC(O)CC1CCCN1C1CCN(CC(F)(F)F)C1=O. The zero-order chi connectivity index (χ0) is 14.9. The molecule has 2 aliphatic heterocycles. The van der Waals surface area contributed by atoms with E-state index in [4.69, 9.17) is 0 Å². The van der Waals surface area contributed by atoms with Gasteiger partial charge in [-0.1, -0.05) is 0 Å². The fourth-order valence-electron chi connectivity index (χ4n) is 3.32. The second-order valence-electron chi connectivity index (χ2n) is 5.80. The Labute approximate surface area is 116 Å². The van der Waals surface area contributed by atoms with Crippen LogP contribution in [0.15, 0.2) is 0 Å². The normalized spacial score (nSPS) is 30.2. The summed E-state index contributed by atoms with van der Waals surface area (Å²) >= 11 is 0. The van der Waals surface area contributed by atoms with Gasteiger partial charge in [-0.15, -0.1) is 0 Å². The summed E-state index contributed by atoms with van der Waals surface area (Å²) in [5.41, 5.74) is 0. The van der Waals surface area contributed by atoms with Crippen molar-refractivity contribution in [2.45, 2.75) is 57.0 Å². The molecule has 2 heterocycles. The van der Waals surface area contributed by atoms with Gasteiger partial charge in [0, 0.05) is 12.6 Å². The summed E-state index contributed by atoms with van der Waals surface area (Å²) in [6.45, 7) is 1.44. The molecule has 1 N–H and O–H groups in total. The predicted molar refractivity (Wildman–Crippen MR) is 67.1 cm³/mol. The van der Waals surface area contributed by atoms with E-state index in [0.717, 1.165) is 24.3 Å². The van der Waals surface area contributed by atoms with E-state index in [2.05, 4.69) is 0 Å². The van der Waals surface area contributed by atoms with Gasteiger partial charge in [0.15, 0.2) is 0 Å². The zero-order valence-electron chi connectivity index (χ0n) is 11.6. The average Bonchev–Trinajstić information content (AvgIpc) is 2.85. The molecule has 2 aliphatic rings. The Bertz CT molecular complexity index is 360. The summed E-state index contributed by atoms with van der Waals surface area (Å²) in [5.74, 6) is -0.417. The Kier molecular flexibility index (Phi) is 4.59. The molecule has 116 valence electrons. The van der Waals surface area contributed by atoms with Gasteiger partial charge in [0.05, 0.1) is 12.1 Å². The lowest BCUT2D eigenvalue weighted by Gasteiger charge is -2.30. The van der Waals surface area contributed by atoms with Gasteiger partial charge >= 0.3 is 6.18 Å². The number of nitrogens with zero attached hydrogens (tertiary/aromatic N) is 2. The number of rotatable bonds is 4. The molecule has 3 unspecified atom stereocenters. The summed E-state index contributed by atoms with van der Waals surface area (Å²) in [6.07, 6.45) is -1.94. The zero-order valence-corrected chi connectivity index (χ0v) is 11.6. The third-order valence-electron chi connectivity index (χ3n) is 4.08. The fraction of sp³-hybridized carbons (Fsp3) is 0.923. The maximum absolute atomic E-state index is 12.4. The Morgan fingerprint density at radius 3 is 2.65 bits per heavy atom. The van der Waals surface area contributed by atoms with E-state index < -0.39 is 30.8 Å². The fourth-order valence-corrected chi connectivity index (χ4v) is 3.32. The van der Waals surface area contributed by atoms with Crippen LogP contribution in [0.1, 0.15) is 32.6 Å². The highest BCUT2D eigenvalue weighted by molar-refractivity contribution is 5.84. The quantitative estimate of drug-likeness (QED) is 0.852. The molecule has 2 fully saturated rings. The molecule has 0 aliphatic carbocycles. The van der Waals surface area contributed by atoms with Crippen molar-refractivity contribution in [2.24, 2.45) is 0 Å². The molecule has 7 heteroatoms. The van der Waals surface area contributed by atoms with E-state index in [1.54, 1.807) is 6.92 Å². The first kappa shape index (κ1) is 15.6. The molecule has 1 amide bonds. The smallest absolute Gasteiger partial charge is 0.393 e. The van der Waals surface area contributed by atoms with Crippen molar-refractivity contribution in [2.75, 3.05) is 19.6 Å². The number of carbonyl (C=O) groups excluding carboxylic acids is 1. The van der Waals surface area contributed by atoms with E-state index in [9.17, 15) is 23.1 Å². The topological polar surface area (TPSA) is 43.8 Å². The van der Waals surface area contributed by atoms with Crippen LogP contribution in [0.25, 0.3) is 0 Å². The van der Waals surface area contributed by atoms with Crippen molar-refractivity contribution in [1.29, 1.82) is 0 Å². The van der Waals surface area contributed by atoms with Crippen LogP contribution in [-0.2, 0) is 4.79 Å². The number of carbonyl (C=O) groups is 1. The monoisotopic (exact) mass is 294 g/mol. The molecule has 0 radical (unpaired) electrons. The van der Waals surface area contributed by atoms with Gasteiger partial charge in [0.2, 0.25) is 5.91 Å². The summed E-state index contributed by atoms with van der Waals surface area (Å²) in [6, 6.07) is -0.335. The van der Waals surface area contributed by atoms with Gasteiger partial charge in [-0.05, 0) is 39.2 Å². The van der Waals surface area contributed by atoms with Gasteiger partial charge < -0.3 is 10.0 Å². The lowest BCUT2D eigenvalue weighted by molar-refractivity contribution is -0.159. The minimum absolute atomic E-state index is 0.106. The second kappa shape index (κ2) is 5.89. The molecule has 0 aromatic carbocycles. The number of aliphatic hydroxyl groups is 1. The molecule has 4 nitrogen and oxygen atoms in total. The Morgan fingerprint density at radius 2 is 2.05 bits per heavy atom. The van der Waals surface area contributed by atoms with E-state index in [0.29, 0.717) is 12.8 Å². The predicted octanol–water partition coefficient (Wildman–Crippen LogP) is 1.38. The van der Waals surface area contributed by atoms with Crippen LogP contribution < -0.4 is 0 Å². The van der Waals surface area contributed by atoms with E-state index >= 15 is 0 Å². The molecular weight excluding hydrogens is 273 g/mol. The number of likely N-dealkylation sites (tertiary alicyclic amines) is 2. The van der Waals surface area contributed by atoms with Crippen LogP contribution in [0.4, 0.5) is 13.2 Å². The summed E-state index contributed by atoms with van der Waals surface area (Å²) in [7, 11) is 0. The highest BCUT2D eigenvalue weighted by atomic mass is 19.4. The first-order valence-corrected chi connectivity index (χ1v) is 7.07. The molecule has 0 aromatic heterocycles. The lowest BCUT2D eigenvalue weighted by Crippen LogP contribution is -2.46. The Balaban J connectivity index is 1.98. The molecule has 3 atom stereocenters. The Morgan fingerprint density at radius 1 is 1.35 bits per heavy atom. The van der Waals surface area contributed by atoms with Crippen molar-refractivity contribution in [3.8, 4) is 0 Å². The standard InChI is InChI=1S/C13H21F3N2O2/c1-9(19)7-10-3-2-5-18(10)11-4-6-17(12(11)20)8-13(14,15)16/h9-11,19H,2-8H2,1H3. The van der Waals surface area contributed by atoms with Gasteiger partial charge in [0.25, 0.3) is 0 Å². The molecule has 0 aromatic rings. The van der Waals surface area contributed by atoms with E-state index in [-0.39, 0.29) is 12.6 Å². The van der Waals surface area contributed by atoms with Crippen molar-refractivity contribution in [3.63, 3.8) is 0 Å². The summed E-state index contributed by atoms with van der Waals surface area (Å²) < 4.78 is 37.2. The molecular formula is C13H21F3N2O2. The number of aliphatic hydroxyl groups excluding tert-OH is 1. The third kappa shape index (κ3) is 3.63. The summed E-state index contributed by atoms with van der Waals surface area (Å²) in [4.78, 5) is 15.0. The molecule has 2 saturated heterocycles. The first-order valence-electron chi connectivity index (χ1n) is 7.07. The van der Waals surface area contributed by atoms with Crippen LogP contribution in [0, 0.1) is 0 Å². The largest absolute Gasteiger partial charge is 0.406 e. The van der Waals surface area contributed by atoms with Gasteiger partial charge in [-0.2, -0.15) is 13.2 Å². The van der Waals surface area contributed by atoms with Crippen molar-refractivity contribution in [3.05, 3.63) is 0 Å². The minimum atomic E-state index is -4.34. The lowest BCUT2D eigenvalue weighted by atomic mass is 10.1. The van der Waals surface area contributed by atoms with Crippen molar-refractivity contribution < 1.29 is 23.1 Å². The van der Waals surface area contributed by atoms with Crippen LogP contribution in [-0.4, -0.2) is 64.8 Å². The highest BCUT2D eigenvalue weighted by Gasteiger charge is 2.44. The molecule has 0 bridgehead atoms. The number of hydrogen-bond acceptors (Lipinski definition) is 3. The first-order chi connectivity index (χ1) is 9.28. The Hall–Kier alpha value is -0.820. The van der Waals surface area contributed by atoms with E-state index in [1.165, 1.54) is 0 Å². The van der Waals surface area contributed by atoms with Crippen LogP contribution >= 0.6 is 0 Å². The number of alkyl halides is 3. The highest BCUT2D eigenvalue weighted by Crippen LogP contribution is 2.30. The van der Waals surface area contributed by atoms with Crippen LogP contribution in [0.2, 0.25) is 0 Å². The maximum Gasteiger partial charge on any atom is 0.406 e. The van der Waals surface area contributed by atoms with Crippen molar-refractivity contribution in [1.82, 2.24) is 9.80 Å². The van der Waals surface area contributed by atoms with Gasteiger partial charge in [-0.25, -0.2) is 0 Å². The average molecular weight is 294 g/mol. The molecule has 0 spiro atoms. The maximum atomic E-state index is 12.4. The van der Waals surface area contributed by atoms with Crippen LogP contribution in [0.3, 0.4) is 0 Å². The second-order valence-corrected chi connectivity index (χ2v) is 5.80.